The summed E-state index contributed by atoms with van der Waals surface area (Å²) in [7, 11) is 0. The van der Waals surface area contributed by atoms with Gasteiger partial charge in [-0.15, -0.1) is 0 Å². The lowest BCUT2D eigenvalue weighted by molar-refractivity contribution is 0.0303. The minimum absolute atomic E-state index is 0.00333. The van der Waals surface area contributed by atoms with Gasteiger partial charge in [0.1, 0.15) is 0 Å². The Kier molecular flexibility index (Phi) is 5.38. The number of morpholine rings is 1. The van der Waals surface area contributed by atoms with E-state index in [-0.39, 0.29) is 11.8 Å². The predicted octanol–water partition coefficient (Wildman–Crippen LogP) is 3.34. The van der Waals surface area contributed by atoms with Crippen LogP contribution in [0.4, 0.5) is 5.69 Å². The molecule has 0 atom stereocenters. The van der Waals surface area contributed by atoms with E-state index in [0.717, 1.165) is 16.7 Å². The number of amides is 2. The molecule has 5 nitrogen and oxygen atoms in total. The summed E-state index contributed by atoms with van der Waals surface area (Å²) in [6.45, 7) is 8.29. The van der Waals surface area contributed by atoms with Crippen LogP contribution in [0.3, 0.4) is 0 Å². The summed E-state index contributed by atoms with van der Waals surface area (Å²) in [5.74, 6) is -0.136. The Morgan fingerprint density at radius 3 is 2.12 bits per heavy atom. The molecule has 2 aromatic carbocycles. The van der Waals surface area contributed by atoms with E-state index in [0.29, 0.717) is 43.1 Å². The minimum atomic E-state index is -0.132. The lowest BCUT2D eigenvalue weighted by Gasteiger charge is -2.26. The van der Waals surface area contributed by atoms with Gasteiger partial charge < -0.3 is 15.0 Å². The smallest absolute Gasteiger partial charge is 0.256 e. The summed E-state index contributed by atoms with van der Waals surface area (Å²) < 4.78 is 5.28. The Morgan fingerprint density at radius 2 is 1.54 bits per heavy atom. The van der Waals surface area contributed by atoms with Gasteiger partial charge in [0.05, 0.1) is 13.2 Å². The molecule has 1 heterocycles. The van der Waals surface area contributed by atoms with Crippen LogP contribution in [0.5, 0.6) is 0 Å². The van der Waals surface area contributed by atoms with Gasteiger partial charge in [0.2, 0.25) is 0 Å². The summed E-state index contributed by atoms with van der Waals surface area (Å²) in [5.41, 5.74) is 5.05. The quantitative estimate of drug-likeness (QED) is 0.922. The van der Waals surface area contributed by atoms with Crippen molar-refractivity contribution < 1.29 is 14.3 Å². The number of ether oxygens (including phenoxy) is 1. The van der Waals surface area contributed by atoms with Crippen LogP contribution in [-0.2, 0) is 4.74 Å². The standard InChI is InChI=1S/C21H24N2O3/c1-14-12-15(2)19(16(3)13-14)20(24)22-18-6-4-17(5-7-18)21(25)23-8-10-26-11-9-23/h4-7,12-13H,8-11H2,1-3H3,(H,22,24). The van der Waals surface area contributed by atoms with Gasteiger partial charge in [-0.05, 0) is 56.2 Å². The van der Waals surface area contributed by atoms with Crippen LogP contribution in [0.15, 0.2) is 36.4 Å². The Morgan fingerprint density at radius 1 is 0.962 bits per heavy atom. The Labute approximate surface area is 154 Å². The van der Waals surface area contributed by atoms with E-state index in [4.69, 9.17) is 4.74 Å². The molecule has 0 aromatic heterocycles. The first-order chi connectivity index (χ1) is 12.5. The average Bonchev–Trinajstić information content (AvgIpc) is 2.61. The molecule has 0 bridgehead atoms. The third kappa shape index (κ3) is 3.94. The number of carbonyl (C=O) groups is 2. The largest absolute Gasteiger partial charge is 0.378 e. The van der Waals surface area contributed by atoms with Crippen LogP contribution < -0.4 is 5.32 Å². The monoisotopic (exact) mass is 352 g/mol. The highest BCUT2D eigenvalue weighted by Crippen LogP contribution is 2.19. The molecule has 0 unspecified atom stereocenters. The maximum Gasteiger partial charge on any atom is 0.256 e. The van der Waals surface area contributed by atoms with Gasteiger partial charge in [-0.1, -0.05) is 17.7 Å². The Balaban J connectivity index is 1.71. The summed E-state index contributed by atoms with van der Waals surface area (Å²) >= 11 is 0. The maximum absolute atomic E-state index is 12.6. The van der Waals surface area contributed by atoms with Gasteiger partial charge in [0.25, 0.3) is 11.8 Å². The van der Waals surface area contributed by atoms with Gasteiger partial charge in [-0.3, -0.25) is 9.59 Å². The number of carbonyl (C=O) groups excluding carboxylic acids is 2. The van der Waals surface area contributed by atoms with E-state index in [1.807, 2.05) is 32.9 Å². The van der Waals surface area contributed by atoms with Gasteiger partial charge in [-0.25, -0.2) is 0 Å². The van der Waals surface area contributed by atoms with Crippen molar-refractivity contribution in [2.75, 3.05) is 31.6 Å². The molecule has 5 heteroatoms. The summed E-state index contributed by atoms with van der Waals surface area (Å²) in [6.07, 6.45) is 0. The Bertz CT molecular complexity index is 799. The number of hydrogen-bond acceptors (Lipinski definition) is 3. The van der Waals surface area contributed by atoms with E-state index >= 15 is 0 Å². The van der Waals surface area contributed by atoms with Crippen LogP contribution in [0.1, 0.15) is 37.4 Å². The van der Waals surface area contributed by atoms with Gasteiger partial charge >= 0.3 is 0 Å². The number of hydrogen-bond donors (Lipinski definition) is 1. The van der Waals surface area contributed by atoms with Crippen LogP contribution >= 0.6 is 0 Å². The molecule has 0 aliphatic carbocycles. The van der Waals surface area contributed by atoms with E-state index in [1.54, 1.807) is 29.2 Å². The van der Waals surface area contributed by atoms with Gasteiger partial charge in [-0.2, -0.15) is 0 Å². The van der Waals surface area contributed by atoms with Crippen molar-refractivity contribution in [3.63, 3.8) is 0 Å². The summed E-state index contributed by atoms with van der Waals surface area (Å²) in [5, 5.41) is 2.92. The first-order valence-corrected chi connectivity index (χ1v) is 8.82. The first kappa shape index (κ1) is 18.1. The second-order valence-corrected chi connectivity index (χ2v) is 6.71. The summed E-state index contributed by atoms with van der Waals surface area (Å²) in [6, 6.07) is 11.1. The first-order valence-electron chi connectivity index (χ1n) is 8.82. The Hall–Kier alpha value is -2.66. The van der Waals surface area contributed by atoms with E-state index in [1.165, 1.54) is 0 Å². The molecule has 136 valence electrons. The van der Waals surface area contributed by atoms with Crippen molar-refractivity contribution in [2.45, 2.75) is 20.8 Å². The van der Waals surface area contributed by atoms with Crippen LogP contribution in [0.25, 0.3) is 0 Å². The average molecular weight is 352 g/mol. The molecule has 1 aliphatic rings. The molecular weight excluding hydrogens is 328 g/mol. The zero-order valence-electron chi connectivity index (χ0n) is 15.5. The van der Waals surface area contributed by atoms with Gasteiger partial charge in [0.15, 0.2) is 0 Å². The molecule has 1 saturated heterocycles. The van der Waals surface area contributed by atoms with Crippen LogP contribution in [0, 0.1) is 20.8 Å². The third-order valence-corrected chi connectivity index (χ3v) is 4.59. The van der Waals surface area contributed by atoms with E-state index < -0.39 is 0 Å². The van der Waals surface area contributed by atoms with E-state index in [9.17, 15) is 9.59 Å². The van der Waals surface area contributed by atoms with Crippen molar-refractivity contribution in [1.82, 2.24) is 4.90 Å². The fraction of sp³-hybridized carbons (Fsp3) is 0.333. The zero-order chi connectivity index (χ0) is 18.7. The molecule has 1 fully saturated rings. The molecule has 0 radical (unpaired) electrons. The fourth-order valence-corrected chi connectivity index (χ4v) is 3.38. The predicted molar refractivity (Wildman–Crippen MR) is 102 cm³/mol. The zero-order valence-corrected chi connectivity index (χ0v) is 15.5. The van der Waals surface area contributed by atoms with Crippen LogP contribution in [-0.4, -0.2) is 43.0 Å². The summed E-state index contributed by atoms with van der Waals surface area (Å²) in [4.78, 5) is 26.9. The van der Waals surface area contributed by atoms with Crippen molar-refractivity contribution >= 4 is 17.5 Å². The number of anilines is 1. The fourth-order valence-electron chi connectivity index (χ4n) is 3.38. The highest BCUT2D eigenvalue weighted by atomic mass is 16.5. The maximum atomic E-state index is 12.6. The molecule has 2 amide bonds. The third-order valence-electron chi connectivity index (χ3n) is 4.59. The SMILES string of the molecule is Cc1cc(C)c(C(=O)Nc2ccc(C(=O)N3CCOCC3)cc2)c(C)c1. The number of aryl methyl sites for hydroxylation is 3. The molecule has 1 N–H and O–H groups in total. The van der Waals surface area contributed by atoms with Gasteiger partial charge in [0, 0.05) is 29.9 Å². The highest BCUT2D eigenvalue weighted by molar-refractivity contribution is 6.06. The molecular formula is C21H24N2O3. The van der Waals surface area contributed by atoms with Crippen LogP contribution in [0.2, 0.25) is 0 Å². The van der Waals surface area contributed by atoms with Crippen molar-refractivity contribution in [3.05, 3.63) is 64.2 Å². The number of nitrogens with one attached hydrogen (secondary N) is 1. The number of rotatable bonds is 3. The second-order valence-electron chi connectivity index (χ2n) is 6.71. The highest BCUT2D eigenvalue weighted by Gasteiger charge is 2.18. The lowest BCUT2D eigenvalue weighted by Crippen LogP contribution is -2.40. The number of benzene rings is 2. The molecule has 0 spiro atoms. The lowest BCUT2D eigenvalue weighted by atomic mass is 9.99. The molecule has 26 heavy (non-hydrogen) atoms. The molecule has 3 rings (SSSR count). The molecule has 0 saturated carbocycles. The minimum Gasteiger partial charge on any atom is -0.378 e. The topological polar surface area (TPSA) is 58.6 Å². The number of nitrogens with zero attached hydrogens (tertiary/aromatic N) is 1. The van der Waals surface area contributed by atoms with Crippen molar-refractivity contribution in [1.29, 1.82) is 0 Å². The molecule has 2 aromatic rings. The normalized spacial score (nSPS) is 14.2. The van der Waals surface area contributed by atoms with Crippen molar-refractivity contribution in [3.8, 4) is 0 Å². The second kappa shape index (κ2) is 7.70. The van der Waals surface area contributed by atoms with E-state index in [2.05, 4.69) is 5.32 Å². The molecule has 1 aliphatic heterocycles. The van der Waals surface area contributed by atoms with Crippen molar-refractivity contribution in [2.24, 2.45) is 0 Å².